The molecule has 86 valence electrons. The number of aromatic amines is 1. The first-order valence-electron chi connectivity index (χ1n) is 4.86. The SMILES string of the molecule is O=c1[nH]cnc2c1ncn2CC(CO)CO. The number of aromatic nitrogens is 4. The number of rotatable bonds is 4. The summed E-state index contributed by atoms with van der Waals surface area (Å²) in [6, 6.07) is 0. The molecule has 0 aliphatic carbocycles. The van der Waals surface area contributed by atoms with Gasteiger partial charge in [-0.1, -0.05) is 0 Å². The Balaban J connectivity index is 2.39. The lowest BCUT2D eigenvalue weighted by molar-refractivity contribution is 0.138. The Kier molecular flexibility index (Phi) is 2.97. The van der Waals surface area contributed by atoms with Crippen molar-refractivity contribution in [3.63, 3.8) is 0 Å². The van der Waals surface area contributed by atoms with Crippen molar-refractivity contribution in [2.24, 2.45) is 5.92 Å². The second kappa shape index (κ2) is 4.42. The molecule has 0 aliphatic rings. The van der Waals surface area contributed by atoms with E-state index in [0.29, 0.717) is 12.2 Å². The van der Waals surface area contributed by atoms with E-state index in [1.165, 1.54) is 12.7 Å². The van der Waals surface area contributed by atoms with Crippen molar-refractivity contribution in [1.82, 2.24) is 19.5 Å². The number of hydrogen-bond acceptors (Lipinski definition) is 5. The predicted octanol–water partition coefficient (Wildman–Crippen LogP) is -1.28. The maximum Gasteiger partial charge on any atom is 0.278 e. The van der Waals surface area contributed by atoms with E-state index < -0.39 is 0 Å². The second-order valence-corrected chi connectivity index (χ2v) is 3.53. The van der Waals surface area contributed by atoms with Gasteiger partial charge in [-0.25, -0.2) is 9.97 Å². The van der Waals surface area contributed by atoms with Crippen LogP contribution in [0.25, 0.3) is 11.2 Å². The van der Waals surface area contributed by atoms with Crippen LogP contribution in [-0.2, 0) is 6.54 Å². The highest BCUT2D eigenvalue weighted by molar-refractivity contribution is 5.68. The molecule has 0 fully saturated rings. The van der Waals surface area contributed by atoms with Crippen molar-refractivity contribution in [3.05, 3.63) is 23.0 Å². The first-order valence-corrected chi connectivity index (χ1v) is 4.86. The summed E-state index contributed by atoms with van der Waals surface area (Å²) in [5.41, 5.74) is 0.418. The van der Waals surface area contributed by atoms with Crippen LogP contribution in [0.15, 0.2) is 17.4 Å². The normalized spacial score (nSPS) is 11.4. The molecule has 3 N–H and O–H groups in total. The highest BCUT2D eigenvalue weighted by Crippen LogP contribution is 2.07. The molecule has 7 nitrogen and oxygen atoms in total. The van der Waals surface area contributed by atoms with Gasteiger partial charge in [0.1, 0.15) is 0 Å². The number of aliphatic hydroxyl groups excluding tert-OH is 2. The van der Waals surface area contributed by atoms with Crippen LogP contribution >= 0.6 is 0 Å². The molecule has 0 unspecified atom stereocenters. The number of nitrogens with one attached hydrogen (secondary N) is 1. The van der Waals surface area contributed by atoms with Gasteiger partial charge in [0.2, 0.25) is 0 Å². The maximum atomic E-state index is 11.3. The molecule has 0 spiro atoms. The first kappa shape index (κ1) is 10.8. The van der Waals surface area contributed by atoms with Crippen molar-refractivity contribution in [3.8, 4) is 0 Å². The lowest BCUT2D eigenvalue weighted by Gasteiger charge is -2.11. The fourth-order valence-corrected chi connectivity index (χ4v) is 1.48. The fourth-order valence-electron chi connectivity index (χ4n) is 1.48. The van der Waals surface area contributed by atoms with Crippen LogP contribution < -0.4 is 5.56 Å². The molecular weight excluding hydrogens is 212 g/mol. The summed E-state index contributed by atoms with van der Waals surface area (Å²) in [6.07, 6.45) is 2.78. The topological polar surface area (TPSA) is 104 Å². The van der Waals surface area contributed by atoms with E-state index in [1.807, 2.05) is 0 Å². The zero-order valence-electron chi connectivity index (χ0n) is 8.50. The van der Waals surface area contributed by atoms with Crippen molar-refractivity contribution >= 4 is 11.2 Å². The molecule has 0 saturated carbocycles. The van der Waals surface area contributed by atoms with E-state index in [9.17, 15) is 4.79 Å². The Morgan fingerprint density at radius 3 is 2.81 bits per heavy atom. The zero-order chi connectivity index (χ0) is 11.5. The summed E-state index contributed by atoms with van der Waals surface area (Å²) in [5, 5.41) is 17.9. The summed E-state index contributed by atoms with van der Waals surface area (Å²) in [5.74, 6) is -0.279. The molecule has 2 heterocycles. The zero-order valence-corrected chi connectivity index (χ0v) is 8.50. The van der Waals surface area contributed by atoms with Gasteiger partial charge >= 0.3 is 0 Å². The third-order valence-corrected chi connectivity index (χ3v) is 2.38. The van der Waals surface area contributed by atoms with E-state index >= 15 is 0 Å². The summed E-state index contributed by atoms with van der Waals surface area (Å²) in [6.45, 7) is 0.124. The molecule has 0 amide bonds. The van der Waals surface area contributed by atoms with Gasteiger partial charge in [-0.15, -0.1) is 0 Å². The second-order valence-electron chi connectivity index (χ2n) is 3.53. The number of H-pyrrole nitrogens is 1. The molecule has 16 heavy (non-hydrogen) atoms. The first-order chi connectivity index (χ1) is 7.76. The van der Waals surface area contributed by atoms with Crippen LogP contribution in [0.2, 0.25) is 0 Å². The fraction of sp³-hybridized carbons (Fsp3) is 0.444. The predicted molar refractivity (Wildman–Crippen MR) is 55.8 cm³/mol. The van der Waals surface area contributed by atoms with Crippen LogP contribution in [0.3, 0.4) is 0 Å². The number of fused-ring (bicyclic) bond motifs is 1. The Bertz CT molecular complexity index is 529. The highest BCUT2D eigenvalue weighted by atomic mass is 16.3. The summed E-state index contributed by atoms with van der Waals surface area (Å²) >= 11 is 0. The average Bonchev–Trinajstić information content (AvgIpc) is 2.71. The largest absolute Gasteiger partial charge is 0.396 e. The van der Waals surface area contributed by atoms with E-state index in [-0.39, 0.29) is 30.2 Å². The number of hydrogen-bond donors (Lipinski definition) is 3. The molecule has 0 radical (unpaired) electrons. The maximum absolute atomic E-state index is 11.3. The molecule has 0 aliphatic heterocycles. The van der Waals surface area contributed by atoms with Crippen LogP contribution in [0.5, 0.6) is 0 Å². The van der Waals surface area contributed by atoms with Crippen molar-refractivity contribution in [2.75, 3.05) is 13.2 Å². The Morgan fingerprint density at radius 1 is 1.38 bits per heavy atom. The van der Waals surface area contributed by atoms with Crippen molar-refractivity contribution in [1.29, 1.82) is 0 Å². The number of aliphatic hydroxyl groups is 2. The monoisotopic (exact) mass is 224 g/mol. The molecule has 2 aromatic heterocycles. The Hall–Kier alpha value is -1.73. The van der Waals surface area contributed by atoms with Gasteiger partial charge in [0.05, 0.1) is 12.7 Å². The molecule has 7 heteroatoms. The van der Waals surface area contributed by atoms with Crippen molar-refractivity contribution in [2.45, 2.75) is 6.54 Å². The van der Waals surface area contributed by atoms with Crippen LogP contribution in [0.1, 0.15) is 0 Å². The van der Waals surface area contributed by atoms with Gasteiger partial charge in [0.15, 0.2) is 11.2 Å². The third kappa shape index (κ3) is 1.82. The van der Waals surface area contributed by atoms with Crippen molar-refractivity contribution < 1.29 is 10.2 Å². The molecule has 2 aromatic rings. The number of nitrogens with zero attached hydrogens (tertiary/aromatic N) is 3. The van der Waals surface area contributed by atoms with Crippen LogP contribution in [0, 0.1) is 5.92 Å². The van der Waals surface area contributed by atoms with Gasteiger partial charge in [0.25, 0.3) is 5.56 Å². The van der Waals surface area contributed by atoms with E-state index in [2.05, 4.69) is 15.0 Å². The molecule has 0 aromatic carbocycles. The van der Waals surface area contributed by atoms with E-state index in [0.717, 1.165) is 0 Å². The third-order valence-electron chi connectivity index (χ3n) is 2.38. The molecule has 2 rings (SSSR count). The van der Waals surface area contributed by atoms with E-state index in [4.69, 9.17) is 10.2 Å². The molecule has 0 saturated heterocycles. The summed E-state index contributed by atoms with van der Waals surface area (Å²) in [7, 11) is 0. The molecule has 0 bridgehead atoms. The standard InChI is InChI=1S/C9H12N4O3/c14-2-6(3-15)1-13-5-12-7-8(13)10-4-11-9(7)16/h4-6,14-15H,1-3H2,(H,10,11,16). The van der Waals surface area contributed by atoms with Gasteiger partial charge < -0.3 is 19.8 Å². The van der Waals surface area contributed by atoms with Crippen LogP contribution in [-0.4, -0.2) is 42.9 Å². The lowest BCUT2D eigenvalue weighted by Crippen LogP contribution is -2.18. The van der Waals surface area contributed by atoms with Crippen LogP contribution in [0.4, 0.5) is 0 Å². The van der Waals surface area contributed by atoms with Gasteiger partial charge in [-0.05, 0) is 0 Å². The quantitative estimate of drug-likeness (QED) is 0.600. The van der Waals surface area contributed by atoms with E-state index in [1.54, 1.807) is 4.57 Å². The smallest absolute Gasteiger partial charge is 0.278 e. The molecular formula is C9H12N4O3. The highest BCUT2D eigenvalue weighted by Gasteiger charge is 2.11. The van der Waals surface area contributed by atoms with Gasteiger partial charge in [-0.2, -0.15) is 0 Å². The number of imidazole rings is 1. The molecule has 0 atom stereocenters. The Morgan fingerprint density at radius 2 is 2.12 bits per heavy atom. The van der Waals surface area contributed by atoms with Gasteiger partial charge in [-0.3, -0.25) is 4.79 Å². The van der Waals surface area contributed by atoms with Gasteiger partial charge in [0, 0.05) is 25.7 Å². The summed E-state index contributed by atoms with van der Waals surface area (Å²) < 4.78 is 1.64. The average molecular weight is 224 g/mol. The minimum absolute atomic E-state index is 0.126. The summed E-state index contributed by atoms with van der Waals surface area (Å²) in [4.78, 5) is 21.7. The Labute approximate surface area is 90.4 Å². The minimum atomic E-state index is -0.298. The minimum Gasteiger partial charge on any atom is -0.396 e. The lowest BCUT2D eigenvalue weighted by atomic mass is 10.2.